The summed E-state index contributed by atoms with van der Waals surface area (Å²) in [5.41, 5.74) is 1.00. The maximum atomic E-state index is 14.0. The molecule has 28 heavy (non-hydrogen) atoms. The van der Waals surface area contributed by atoms with Gasteiger partial charge >= 0.3 is 11.9 Å². The summed E-state index contributed by atoms with van der Waals surface area (Å²) in [6, 6.07) is 9.63. The van der Waals surface area contributed by atoms with Crippen LogP contribution >= 0.6 is 0 Å². The smallest absolute Gasteiger partial charge is 0.309 e. The van der Waals surface area contributed by atoms with Crippen molar-refractivity contribution in [1.82, 2.24) is 0 Å². The number of benzene rings is 1. The zero-order chi connectivity index (χ0) is 20.1. The molecule has 1 aliphatic heterocycles. The zero-order valence-electron chi connectivity index (χ0n) is 16.0. The normalized spacial score (nSPS) is 27.2. The molecular formula is C22H26F2O4. The summed E-state index contributed by atoms with van der Waals surface area (Å²) in [5.74, 6) is -5.26. The van der Waals surface area contributed by atoms with Gasteiger partial charge in [-0.05, 0) is 18.1 Å². The second-order valence-corrected chi connectivity index (χ2v) is 7.58. The van der Waals surface area contributed by atoms with Crippen molar-refractivity contribution in [2.24, 2.45) is 11.8 Å². The first-order chi connectivity index (χ1) is 13.4. The van der Waals surface area contributed by atoms with Crippen LogP contribution in [0.5, 0.6) is 0 Å². The van der Waals surface area contributed by atoms with Crippen LogP contribution in [0.3, 0.4) is 0 Å². The highest BCUT2D eigenvalue weighted by atomic mass is 19.3. The molecule has 4 atom stereocenters. The van der Waals surface area contributed by atoms with Crippen LogP contribution in [-0.2, 0) is 25.7 Å². The third kappa shape index (κ3) is 4.85. The molecule has 0 N–H and O–H groups in total. The van der Waals surface area contributed by atoms with Crippen LogP contribution in [0.4, 0.5) is 8.78 Å². The van der Waals surface area contributed by atoms with E-state index in [1.807, 2.05) is 30.3 Å². The molecule has 1 saturated carbocycles. The van der Waals surface area contributed by atoms with Crippen molar-refractivity contribution >= 4 is 11.8 Å². The van der Waals surface area contributed by atoms with E-state index in [1.165, 1.54) is 6.08 Å². The Hall–Kier alpha value is -2.08. The van der Waals surface area contributed by atoms with Crippen molar-refractivity contribution in [3.8, 4) is 0 Å². The number of alkyl halides is 2. The first-order valence-corrected chi connectivity index (χ1v) is 9.86. The molecule has 1 saturated heterocycles. The summed E-state index contributed by atoms with van der Waals surface area (Å²) in [4.78, 5) is 23.6. The lowest BCUT2D eigenvalue weighted by molar-refractivity contribution is -0.142. The Bertz CT molecular complexity index is 717. The predicted molar refractivity (Wildman–Crippen MR) is 99.7 cm³/mol. The number of carbonyl (C=O) groups excluding carboxylic acids is 2. The molecule has 0 radical (unpaired) electrons. The van der Waals surface area contributed by atoms with E-state index in [-0.39, 0.29) is 36.4 Å². The molecule has 1 aliphatic carbocycles. The highest BCUT2D eigenvalue weighted by molar-refractivity contribution is 5.95. The van der Waals surface area contributed by atoms with Crippen molar-refractivity contribution in [3.05, 3.63) is 48.0 Å². The van der Waals surface area contributed by atoms with Crippen molar-refractivity contribution in [2.45, 2.75) is 63.8 Å². The maximum absolute atomic E-state index is 14.0. The fourth-order valence-corrected chi connectivity index (χ4v) is 3.96. The van der Waals surface area contributed by atoms with E-state index >= 15 is 0 Å². The van der Waals surface area contributed by atoms with Gasteiger partial charge in [0, 0.05) is 24.7 Å². The number of allylic oxidation sites excluding steroid dienone is 1. The summed E-state index contributed by atoms with van der Waals surface area (Å²) in [7, 11) is 0. The van der Waals surface area contributed by atoms with Crippen LogP contribution in [-0.4, -0.2) is 29.9 Å². The Morgan fingerprint density at radius 3 is 2.79 bits per heavy atom. The molecule has 1 aromatic rings. The predicted octanol–water partition coefficient (Wildman–Crippen LogP) is 4.47. The van der Waals surface area contributed by atoms with Gasteiger partial charge in [0.1, 0.15) is 6.10 Å². The summed E-state index contributed by atoms with van der Waals surface area (Å²) in [6.07, 6.45) is 3.12. The number of halogens is 2. The van der Waals surface area contributed by atoms with Crippen LogP contribution in [0.2, 0.25) is 0 Å². The number of hydrogen-bond donors (Lipinski definition) is 0. The Labute approximate surface area is 163 Å². The maximum Gasteiger partial charge on any atom is 0.309 e. The van der Waals surface area contributed by atoms with Crippen LogP contribution in [0.15, 0.2) is 42.5 Å². The molecule has 1 aromatic carbocycles. The number of ether oxygens (including phenoxy) is 2. The SMILES string of the molecule is CCCCC(F)(F)C(=O)C=C[C@@H]1[C@H]2CC(=O)O[C@H]2C[C@H]1OCc1ccccc1. The molecule has 152 valence electrons. The topological polar surface area (TPSA) is 52.6 Å². The standard InChI is InChI=1S/C22H26F2O4/c1-2-3-11-22(23,24)20(25)10-9-16-17-12-21(26)28-19(17)13-18(16)27-14-15-7-5-4-6-8-15/h4-10,16-19H,2-3,11-14H2,1H3/t16-,17-,18-,19+/m1/s1. The summed E-state index contributed by atoms with van der Waals surface area (Å²) < 4.78 is 39.3. The lowest BCUT2D eigenvalue weighted by atomic mass is 9.91. The van der Waals surface area contributed by atoms with E-state index in [2.05, 4.69) is 0 Å². The van der Waals surface area contributed by atoms with Crippen molar-refractivity contribution in [2.75, 3.05) is 0 Å². The fourth-order valence-electron chi connectivity index (χ4n) is 3.96. The molecule has 0 unspecified atom stereocenters. The second kappa shape index (κ2) is 8.95. The molecule has 0 amide bonds. The van der Waals surface area contributed by atoms with Gasteiger partial charge in [0.2, 0.25) is 5.78 Å². The Morgan fingerprint density at radius 1 is 1.32 bits per heavy atom. The molecule has 3 rings (SSSR count). The number of carbonyl (C=O) groups is 2. The lowest BCUT2D eigenvalue weighted by Gasteiger charge is -2.20. The molecule has 1 heterocycles. The lowest BCUT2D eigenvalue weighted by Crippen LogP contribution is -2.27. The third-order valence-corrected chi connectivity index (χ3v) is 5.53. The highest BCUT2D eigenvalue weighted by Crippen LogP contribution is 2.43. The first-order valence-electron chi connectivity index (χ1n) is 9.86. The van der Waals surface area contributed by atoms with Crippen LogP contribution in [0.25, 0.3) is 0 Å². The van der Waals surface area contributed by atoms with Gasteiger partial charge in [-0.2, -0.15) is 8.78 Å². The van der Waals surface area contributed by atoms with Gasteiger partial charge in [-0.25, -0.2) is 0 Å². The Morgan fingerprint density at radius 2 is 2.07 bits per heavy atom. The van der Waals surface area contributed by atoms with Crippen LogP contribution in [0.1, 0.15) is 44.6 Å². The van der Waals surface area contributed by atoms with E-state index in [0.717, 1.165) is 11.6 Å². The second-order valence-electron chi connectivity index (χ2n) is 7.58. The van der Waals surface area contributed by atoms with Crippen LogP contribution < -0.4 is 0 Å². The zero-order valence-corrected chi connectivity index (χ0v) is 16.0. The monoisotopic (exact) mass is 392 g/mol. The molecule has 0 bridgehead atoms. The van der Waals surface area contributed by atoms with Crippen molar-refractivity contribution < 1.29 is 27.8 Å². The molecule has 0 aromatic heterocycles. The molecular weight excluding hydrogens is 366 g/mol. The van der Waals surface area contributed by atoms with Gasteiger partial charge in [-0.3, -0.25) is 9.59 Å². The average Bonchev–Trinajstić information content (AvgIpc) is 3.19. The van der Waals surface area contributed by atoms with E-state index in [9.17, 15) is 18.4 Å². The summed E-state index contributed by atoms with van der Waals surface area (Å²) >= 11 is 0. The van der Waals surface area contributed by atoms with Crippen LogP contribution in [0, 0.1) is 11.8 Å². The number of rotatable bonds is 9. The summed E-state index contributed by atoms with van der Waals surface area (Å²) in [5, 5.41) is 0. The molecule has 6 heteroatoms. The van der Waals surface area contributed by atoms with Gasteiger partial charge in [-0.1, -0.05) is 49.8 Å². The molecule has 2 aliphatic rings. The average molecular weight is 392 g/mol. The third-order valence-electron chi connectivity index (χ3n) is 5.53. The quantitative estimate of drug-likeness (QED) is 0.459. The van der Waals surface area contributed by atoms with Gasteiger partial charge in [0.25, 0.3) is 0 Å². The summed E-state index contributed by atoms with van der Waals surface area (Å²) in [6.45, 7) is 2.19. The van der Waals surface area contributed by atoms with E-state index < -0.39 is 18.1 Å². The van der Waals surface area contributed by atoms with E-state index in [4.69, 9.17) is 9.47 Å². The molecule has 4 nitrogen and oxygen atoms in total. The Balaban J connectivity index is 1.68. The van der Waals surface area contributed by atoms with E-state index in [1.54, 1.807) is 6.92 Å². The number of hydrogen-bond acceptors (Lipinski definition) is 4. The first kappa shape index (κ1) is 20.6. The van der Waals surface area contributed by atoms with E-state index in [0.29, 0.717) is 25.9 Å². The largest absolute Gasteiger partial charge is 0.462 e. The minimum absolute atomic E-state index is 0.137. The highest BCUT2D eigenvalue weighted by Gasteiger charge is 2.50. The Kier molecular flexibility index (Phi) is 6.60. The van der Waals surface area contributed by atoms with Crippen molar-refractivity contribution in [1.29, 1.82) is 0 Å². The van der Waals surface area contributed by atoms with Gasteiger partial charge in [-0.15, -0.1) is 0 Å². The molecule has 2 fully saturated rings. The fraction of sp³-hybridized carbons (Fsp3) is 0.545. The number of unbranched alkanes of at least 4 members (excludes halogenated alkanes) is 1. The van der Waals surface area contributed by atoms with Gasteiger partial charge in [0.05, 0.1) is 19.1 Å². The molecule has 0 spiro atoms. The van der Waals surface area contributed by atoms with Gasteiger partial charge in [0.15, 0.2) is 0 Å². The minimum Gasteiger partial charge on any atom is -0.462 e. The minimum atomic E-state index is -3.35. The number of fused-ring (bicyclic) bond motifs is 1. The van der Waals surface area contributed by atoms with Crippen molar-refractivity contribution in [3.63, 3.8) is 0 Å². The number of ketones is 1. The number of esters is 1. The van der Waals surface area contributed by atoms with Gasteiger partial charge < -0.3 is 9.47 Å².